The molecule has 1 aromatic carbocycles. The van der Waals surface area contributed by atoms with E-state index in [9.17, 15) is 13.2 Å². The molecule has 0 aromatic heterocycles. The number of hydrogen-bond donors (Lipinski definition) is 3. The second-order valence-electron chi connectivity index (χ2n) is 7.20. The van der Waals surface area contributed by atoms with E-state index < -0.39 is 15.6 Å². The van der Waals surface area contributed by atoms with Crippen molar-refractivity contribution in [1.29, 1.82) is 0 Å². The van der Waals surface area contributed by atoms with E-state index in [1.54, 1.807) is 32.9 Å². The fourth-order valence-electron chi connectivity index (χ4n) is 2.56. The Morgan fingerprint density at radius 2 is 2.04 bits per heavy atom. The van der Waals surface area contributed by atoms with Crippen LogP contribution in [-0.4, -0.2) is 45.7 Å². The molecule has 3 N–H and O–H groups in total. The summed E-state index contributed by atoms with van der Waals surface area (Å²) in [4.78, 5) is 12.1. The van der Waals surface area contributed by atoms with Gasteiger partial charge in [0, 0.05) is 24.4 Å². The summed E-state index contributed by atoms with van der Waals surface area (Å²) in [5.41, 5.74) is -0.134. The third-order valence-electron chi connectivity index (χ3n) is 3.55. The molecule has 1 aliphatic rings. The average molecular weight is 406 g/mol. The molecule has 148 valence electrons. The number of halogens is 1. The maximum absolute atomic E-state index is 12.4. The molecule has 0 bridgehead atoms. The Kier molecular flexibility index (Phi) is 8.49. The van der Waals surface area contributed by atoms with E-state index in [0.717, 1.165) is 19.4 Å². The van der Waals surface area contributed by atoms with Crippen molar-refractivity contribution in [2.45, 2.75) is 50.2 Å². The minimum atomic E-state index is -3.64. The van der Waals surface area contributed by atoms with Crippen LogP contribution in [0.1, 0.15) is 33.6 Å². The van der Waals surface area contributed by atoms with E-state index in [2.05, 4.69) is 15.4 Å². The number of sulfonamides is 1. The Morgan fingerprint density at radius 1 is 1.31 bits per heavy atom. The molecule has 1 aromatic rings. The van der Waals surface area contributed by atoms with Crippen LogP contribution in [0, 0.1) is 0 Å². The largest absolute Gasteiger partial charge is 0.377 e. The zero-order valence-corrected chi connectivity index (χ0v) is 17.0. The third kappa shape index (κ3) is 7.59. The van der Waals surface area contributed by atoms with Crippen LogP contribution in [0.3, 0.4) is 0 Å². The molecule has 9 heteroatoms. The maximum atomic E-state index is 12.4. The minimum absolute atomic E-state index is 0. The summed E-state index contributed by atoms with van der Waals surface area (Å²) >= 11 is 0. The van der Waals surface area contributed by atoms with Crippen molar-refractivity contribution in [2.24, 2.45) is 0 Å². The van der Waals surface area contributed by atoms with Crippen LogP contribution in [0.15, 0.2) is 29.2 Å². The van der Waals surface area contributed by atoms with Crippen LogP contribution in [0.2, 0.25) is 0 Å². The highest BCUT2D eigenvalue weighted by Crippen LogP contribution is 2.17. The summed E-state index contributed by atoms with van der Waals surface area (Å²) < 4.78 is 32.8. The first-order chi connectivity index (χ1) is 11.7. The first-order valence-electron chi connectivity index (χ1n) is 8.42. The standard InChI is InChI=1S/C17H27N3O4S.ClH/c1-17(2,3)20-25(22,23)15-8-4-6-13(10-15)19-16(21)12-18-11-14-7-5-9-24-14;/h4,6,8,10,14,18,20H,5,7,9,11-12H2,1-3H3,(H,19,21);1H. The summed E-state index contributed by atoms with van der Waals surface area (Å²) in [6.07, 6.45) is 2.24. The summed E-state index contributed by atoms with van der Waals surface area (Å²) in [6, 6.07) is 6.21. The predicted octanol–water partition coefficient (Wildman–Crippen LogP) is 1.89. The Balaban J connectivity index is 0.00000338. The first-order valence-corrected chi connectivity index (χ1v) is 9.90. The number of carbonyl (C=O) groups excluding carboxylic acids is 1. The van der Waals surface area contributed by atoms with Gasteiger partial charge in [-0.1, -0.05) is 6.07 Å². The summed E-state index contributed by atoms with van der Waals surface area (Å²) in [7, 11) is -3.64. The van der Waals surface area contributed by atoms with Crippen molar-refractivity contribution in [3.8, 4) is 0 Å². The van der Waals surface area contributed by atoms with Gasteiger partial charge >= 0.3 is 0 Å². The monoisotopic (exact) mass is 405 g/mol. The van der Waals surface area contributed by atoms with Crippen LogP contribution in [0.4, 0.5) is 5.69 Å². The van der Waals surface area contributed by atoms with Crippen molar-refractivity contribution in [1.82, 2.24) is 10.0 Å². The van der Waals surface area contributed by atoms with Crippen LogP contribution < -0.4 is 15.4 Å². The number of rotatable bonds is 7. The minimum Gasteiger partial charge on any atom is -0.377 e. The van der Waals surface area contributed by atoms with Crippen LogP contribution in [-0.2, 0) is 19.6 Å². The number of carbonyl (C=O) groups is 1. The molecule has 1 saturated heterocycles. The van der Waals surface area contributed by atoms with Gasteiger partial charge < -0.3 is 15.4 Å². The number of amides is 1. The van der Waals surface area contributed by atoms with Gasteiger partial charge in [-0.2, -0.15) is 0 Å². The van der Waals surface area contributed by atoms with Gasteiger partial charge in [0.15, 0.2) is 0 Å². The predicted molar refractivity (Wildman–Crippen MR) is 104 cm³/mol. The SMILES string of the molecule is CC(C)(C)NS(=O)(=O)c1cccc(NC(=O)CNCC2CCCO2)c1.Cl. The van der Waals surface area contributed by atoms with Gasteiger partial charge in [-0.15, -0.1) is 12.4 Å². The summed E-state index contributed by atoms with van der Waals surface area (Å²) in [5.74, 6) is -0.226. The number of benzene rings is 1. The van der Waals surface area contributed by atoms with Crippen LogP contribution in [0.5, 0.6) is 0 Å². The number of anilines is 1. The molecular formula is C17H28ClN3O4S. The van der Waals surface area contributed by atoms with Gasteiger partial charge in [0.2, 0.25) is 15.9 Å². The molecule has 1 fully saturated rings. The summed E-state index contributed by atoms with van der Waals surface area (Å²) in [5, 5.41) is 5.76. The van der Waals surface area contributed by atoms with Gasteiger partial charge in [0.05, 0.1) is 17.5 Å². The van der Waals surface area contributed by atoms with E-state index in [4.69, 9.17) is 4.74 Å². The molecule has 0 spiro atoms. The third-order valence-corrected chi connectivity index (χ3v) is 5.31. The summed E-state index contributed by atoms with van der Waals surface area (Å²) in [6.45, 7) is 6.89. The van der Waals surface area contributed by atoms with Gasteiger partial charge in [-0.05, 0) is 51.8 Å². The molecule has 0 radical (unpaired) electrons. The molecule has 1 aliphatic heterocycles. The Labute approximate surface area is 161 Å². The lowest BCUT2D eigenvalue weighted by Gasteiger charge is -2.20. The quantitative estimate of drug-likeness (QED) is 0.643. The van der Waals surface area contributed by atoms with Crippen molar-refractivity contribution in [2.75, 3.05) is 25.0 Å². The lowest BCUT2D eigenvalue weighted by Crippen LogP contribution is -2.40. The lowest BCUT2D eigenvalue weighted by atomic mass is 10.1. The van der Waals surface area contributed by atoms with Crippen molar-refractivity contribution in [3.05, 3.63) is 24.3 Å². The molecule has 7 nitrogen and oxygen atoms in total. The molecule has 1 heterocycles. The van der Waals surface area contributed by atoms with Gasteiger partial charge in [0.25, 0.3) is 0 Å². The fourth-order valence-corrected chi connectivity index (χ4v) is 4.02. The average Bonchev–Trinajstić information content (AvgIpc) is 2.98. The molecule has 0 saturated carbocycles. The van der Waals surface area contributed by atoms with E-state index >= 15 is 0 Å². The molecular weight excluding hydrogens is 378 g/mol. The smallest absolute Gasteiger partial charge is 0.241 e. The molecule has 26 heavy (non-hydrogen) atoms. The zero-order valence-electron chi connectivity index (χ0n) is 15.4. The second-order valence-corrected chi connectivity index (χ2v) is 8.88. The van der Waals surface area contributed by atoms with Gasteiger partial charge in [-0.3, -0.25) is 4.79 Å². The maximum Gasteiger partial charge on any atom is 0.241 e. The van der Waals surface area contributed by atoms with Crippen LogP contribution >= 0.6 is 12.4 Å². The zero-order chi connectivity index (χ0) is 18.5. The van der Waals surface area contributed by atoms with Gasteiger partial charge in [-0.25, -0.2) is 13.1 Å². The van der Waals surface area contributed by atoms with Gasteiger partial charge in [0.1, 0.15) is 0 Å². The first kappa shape index (κ1) is 22.9. The lowest BCUT2D eigenvalue weighted by molar-refractivity contribution is -0.115. The second kappa shape index (κ2) is 9.66. The highest BCUT2D eigenvalue weighted by atomic mass is 35.5. The number of hydrogen-bond acceptors (Lipinski definition) is 5. The Bertz CT molecular complexity index is 698. The molecule has 1 atom stereocenters. The fraction of sp³-hybridized carbons (Fsp3) is 0.588. The highest BCUT2D eigenvalue weighted by molar-refractivity contribution is 7.89. The van der Waals surface area contributed by atoms with Crippen LogP contribution in [0.25, 0.3) is 0 Å². The van der Waals surface area contributed by atoms with Crippen molar-refractivity contribution in [3.63, 3.8) is 0 Å². The molecule has 1 amide bonds. The normalized spacial score (nSPS) is 17.6. The Morgan fingerprint density at radius 3 is 2.65 bits per heavy atom. The van der Waals surface area contributed by atoms with Crippen molar-refractivity contribution < 1.29 is 17.9 Å². The topological polar surface area (TPSA) is 96.5 Å². The van der Waals surface area contributed by atoms with E-state index in [0.29, 0.717) is 12.2 Å². The van der Waals surface area contributed by atoms with Crippen molar-refractivity contribution >= 4 is 34.0 Å². The van der Waals surface area contributed by atoms with E-state index in [-0.39, 0.29) is 35.9 Å². The molecule has 1 unspecified atom stereocenters. The highest BCUT2D eigenvalue weighted by Gasteiger charge is 2.22. The Hall–Kier alpha value is -1.19. The van der Waals surface area contributed by atoms with E-state index in [1.165, 1.54) is 12.1 Å². The van der Waals surface area contributed by atoms with E-state index in [1.807, 2.05) is 0 Å². The molecule has 0 aliphatic carbocycles. The molecule has 2 rings (SSSR count). The number of ether oxygens (including phenoxy) is 1. The number of nitrogens with one attached hydrogen (secondary N) is 3.